The first-order chi connectivity index (χ1) is 19.0. The predicted molar refractivity (Wildman–Crippen MR) is 150 cm³/mol. The molecule has 1 aliphatic heterocycles. The van der Waals surface area contributed by atoms with E-state index in [1.54, 1.807) is 24.3 Å². The number of aliphatic hydroxyl groups excluding tert-OH is 1. The van der Waals surface area contributed by atoms with E-state index in [0.29, 0.717) is 33.9 Å². The summed E-state index contributed by atoms with van der Waals surface area (Å²) in [6.07, 6.45) is 12.6. The Balaban J connectivity index is 1.04. The lowest BCUT2D eigenvalue weighted by Crippen LogP contribution is -2.40. The summed E-state index contributed by atoms with van der Waals surface area (Å²) in [5, 5.41) is 30.8. The summed E-state index contributed by atoms with van der Waals surface area (Å²) in [6.45, 7) is 1.90. The maximum atomic E-state index is 12.8. The molecule has 39 heavy (non-hydrogen) atoms. The molecule has 0 spiro atoms. The summed E-state index contributed by atoms with van der Waals surface area (Å²) in [5.41, 5.74) is 0.771. The standard InChI is InChI=1S/C30H36ClN5O3/c31-27-18-26(8-3-22(27)19-32)39-25-9-4-23(5-10-25)33-30(38)28-11-12-29(35-34-28)36-15-13-21(14-16-36)17-20-1-6-24(37)7-2-20/h1,3,6,8,11-12,18,20-21,23-25,37H,2,4-5,7,9-10,13-17H2,(H,33,38)/t20-,23?,24-,25?/m1/s1. The van der Waals surface area contributed by atoms with Crippen LogP contribution in [-0.2, 0) is 0 Å². The molecule has 0 bridgehead atoms. The summed E-state index contributed by atoms with van der Waals surface area (Å²) in [6, 6.07) is 10.9. The topological polar surface area (TPSA) is 111 Å². The number of halogens is 1. The van der Waals surface area contributed by atoms with Gasteiger partial charge in [-0.15, -0.1) is 10.2 Å². The van der Waals surface area contributed by atoms with E-state index in [1.807, 2.05) is 12.1 Å². The molecule has 2 atom stereocenters. The van der Waals surface area contributed by atoms with E-state index in [0.717, 1.165) is 70.3 Å². The highest BCUT2D eigenvalue weighted by atomic mass is 35.5. The van der Waals surface area contributed by atoms with Gasteiger partial charge in [0.25, 0.3) is 5.91 Å². The first kappa shape index (κ1) is 27.4. The Hall–Kier alpha value is -3.15. The van der Waals surface area contributed by atoms with Crippen LogP contribution in [0.3, 0.4) is 0 Å². The molecule has 2 fully saturated rings. The van der Waals surface area contributed by atoms with Gasteiger partial charge < -0.3 is 20.1 Å². The second kappa shape index (κ2) is 12.8. The number of anilines is 1. The van der Waals surface area contributed by atoms with Gasteiger partial charge in [0.1, 0.15) is 11.8 Å². The van der Waals surface area contributed by atoms with Gasteiger partial charge in [-0.1, -0.05) is 23.8 Å². The fraction of sp³-hybridized carbons (Fsp3) is 0.533. The molecule has 1 aromatic heterocycles. The molecule has 0 radical (unpaired) electrons. The largest absolute Gasteiger partial charge is 0.490 e. The number of hydrogen-bond acceptors (Lipinski definition) is 7. The van der Waals surface area contributed by atoms with E-state index in [1.165, 1.54) is 6.42 Å². The molecule has 1 amide bonds. The third kappa shape index (κ3) is 7.28. The van der Waals surface area contributed by atoms with Gasteiger partial charge in [-0.3, -0.25) is 4.79 Å². The van der Waals surface area contributed by atoms with Crippen molar-refractivity contribution in [2.24, 2.45) is 11.8 Å². The number of carbonyl (C=O) groups excluding carboxylic acids is 1. The highest BCUT2D eigenvalue weighted by Gasteiger charge is 2.26. The highest BCUT2D eigenvalue weighted by Crippen LogP contribution is 2.31. The van der Waals surface area contributed by atoms with E-state index in [9.17, 15) is 9.90 Å². The first-order valence-corrected chi connectivity index (χ1v) is 14.5. The van der Waals surface area contributed by atoms with E-state index in [2.05, 4.69) is 32.6 Å². The second-order valence-corrected chi connectivity index (χ2v) is 11.5. The minimum atomic E-state index is -0.261. The molecule has 9 heteroatoms. The molecule has 0 unspecified atom stereocenters. The molecular formula is C30H36ClN5O3. The van der Waals surface area contributed by atoms with Gasteiger partial charge in [0.2, 0.25) is 0 Å². The van der Waals surface area contributed by atoms with Crippen LogP contribution in [0.15, 0.2) is 42.5 Å². The van der Waals surface area contributed by atoms with E-state index < -0.39 is 0 Å². The van der Waals surface area contributed by atoms with Crippen molar-refractivity contribution in [3.8, 4) is 11.8 Å². The highest BCUT2D eigenvalue weighted by molar-refractivity contribution is 6.31. The van der Waals surface area contributed by atoms with Crippen LogP contribution in [0.1, 0.15) is 73.8 Å². The Morgan fingerprint density at radius 2 is 1.85 bits per heavy atom. The molecule has 2 N–H and O–H groups in total. The quantitative estimate of drug-likeness (QED) is 0.464. The molecule has 1 saturated carbocycles. The number of nitrogens with zero attached hydrogens (tertiary/aromatic N) is 4. The molecule has 5 rings (SSSR count). The minimum absolute atomic E-state index is 0.0531. The van der Waals surface area contributed by atoms with Crippen LogP contribution in [0, 0.1) is 23.2 Å². The molecule has 8 nitrogen and oxygen atoms in total. The predicted octanol–water partition coefficient (Wildman–Crippen LogP) is 5.06. The van der Waals surface area contributed by atoms with Crippen LogP contribution in [0.25, 0.3) is 0 Å². The number of allylic oxidation sites excluding steroid dienone is 1. The zero-order valence-corrected chi connectivity index (χ0v) is 22.9. The normalized spacial score (nSPS) is 25.6. The van der Waals surface area contributed by atoms with Crippen LogP contribution in [0.5, 0.6) is 5.75 Å². The van der Waals surface area contributed by atoms with Gasteiger partial charge in [-0.25, -0.2) is 0 Å². The van der Waals surface area contributed by atoms with Crippen LogP contribution in [0.2, 0.25) is 5.02 Å². The van der Waals surface area contributed by atoms with Crippen molar-refractivity contribution in [2.45, 2.75) is 76.0 Å². The van der Waals surface area contributed by atoms with Crippen molar-refractivity contribution >= 4 is 23.3 Å². The summed E-state index contributed by atoms with van der Waals surface area (Å²) in [7, 11) is 0. The van der Waals surface area contributed by atoms with Crippen molar-refractivity contribution in [3.05, 3.63) is 58.8 Å². The molecule has 2 aromatic rings. The van der Waals surface area contributed by atoms with Crippen molar-refractivity contribution in [3.63, 3.8) is 0 Å². The van der Waals surface area contributed by atoms with E-state index >= 15 is 0 Å². The number of nitrogens with one attached hydrogen (secondary N) is 1. The number of hydrogen-bond donors (Lipinski definition) is 2. The minimum Gasteiger partial charge on any atom is -0.490 e. The smallest absolute Gasteiger partial charge is 0.272 e. The lowest BCUT2D eigenvalue weighted by molar-refractivity contribution is 0.0888. The van der Waals surface area contributed by atoms with Crippen LogP contribution in [0.4, 0.5) is 5.82 Å². The van der Waals surface area contributed by atoms with Gasteiger partial charge in [0.15, 0.2) is 11.5 Å². The first-order valence-electron chi connectivity index (χ1n) is 14.1. The molecule has 1 aromatic carbocycles. The molecule has 2 heterocycles. The molecule has 206 valence electrons. The van der Waals surface area contributed by atoms with Gasteiger partial charge in [-0.05, 0) is 93.9 Å². The summed E-state index contributed by atoms with van der Waals surface area (Å²) in [4.78, 5) is 15.1. The number of carbonyl (C=O) groups is 1. The third-order valence-electron chi connectivity index (χ3n) is 8.27. The van der Waals surface area contributed by atoms with Crippen LogP contribution >= 0.6 is 11.6 Å². The maximum Gasteiger partial charge on any atom is 0.272 e. The number of ether oxygens (including phenoxy) is 1. The number of aliphatic hydroxyl groups is 1. The SMILES string of the molecule is N#Cc1ccc(OC2CCC(NC(=O)c3ccc(N4CCC(C[C@@H]5C=C[C@@H](O)CC5)CC4)nn3)CC2)cc1Cl. The van der Waals surface area contributed by atoms with Gasteiger partial charge in [-0.2, -0.15) is 5.26 Å². The fourth-order valence-electron chi connectivity index (χ4n) is 5.94. The monoisotopic (exact) mass is 549 g/mol. The molecule has 2 aliphatic carbocycles. The Morgan fingerprint density at radius 3 is 2.49 bits per heavy atom. The van der Waals surface area contributed by atoms with Gasteiger partial charge >= 0.3 is 0 Å². The molecule has 3 aliphatic rings. The Kier molecular flexibility index (Phi) is 9.00. The number of aromatic nitrogens is 2. The number of rotatable bonds is 7. The van der Waals surface area contributed by atoms with E-state index in [4.69, 9.17) is 21.6 Å². The summed E-state index contributed by atoms with van der Waals surface area (Å²) < 4.78 is 6.05. The average Bonchev–Trinajstić information content (AvgIpc) is 2.96. The van der Waals surface area contributed by atoms with Crippen molar-refractivity contribution in [2.75, 3.05) is 18.0 Å². The Labute approximate surface area is 235 Å². The lowest BCUT2D eigenvalue weighted by Gasteiger charge is -2.34. The summed E-state index contributed by atoms with van der Waals surface area (Å²) >= 11 is 6.11. The maximum absolute atomic E-state index is 12.8. The van der Waals surface area contributed by atoms with Crippen molar-refractivity contribution in [1.82, 2.24) is 15.5 Å². The number of benzene rings is 1. The number of nitriles is 1. The fourth-order valence-corrected chi connectivity index (χ4v) is 6.15. The third-order valence-corrected chi connectivity index (χ3v) is 8.58. The Bertz CT molecular complexity index is 1200. The van der Waals surface area contributed by atoms with Gasteiger partial charge in [0.05, 0.1) is 22.8 Å². The van der Waals surface area contributed by atoms with Gasteiger partial charge in [0, 0.05) is 25.2 Å². The molecular weight excluding hydrogens is 514 g/mol. The summed E-state index contributed by atoms with van der Waals surface area (Å²) in [5.74, 6) is 2.58. The van der Waals surface area contributed by atoms with Crippen molar-refractivity contribution in [1.29, 1.82) is 5.26 Å². The average molecular weight is 550 g/mol. The number of piperidine rings is 1. The van der Waals surface area contributed by atoms with Crippen molar-refractivity contribution < 1.29 is 14.6 Å². The van der Waals surface area contributed by atoms with Crippen LogP contribution < -0.4 is 15.0 Å². The van der Waals surface area contributed by atoms with Crippen LogP contribution in [-0.4, -0.2) is 52.6 Å². The number of amides is 1. The molecule has 1 saturated heterocycles. The lowest BCUT2D eigenvalue weighted by atomic mass is 9.82. The zero-order chi connectivity index (χ0) is 27.2. The van der Waals surface area contributed by atoms with E-state index in [-0.39, 0.29) is 24.2 Å². The Morgan fingerprint density at radius 1 is 1.05 bits per heavy atom. The second-order valence-electron chi connectivity index (χ2n) is 11.1. The zero-order valence-electron chi connectivity index (χ0n) is 22.1.